The Labute approximate surface area is 108 Å². The van der Waals surface area contributed by atoms with E-state index in [1.165, 1.54) is 4.72 Å². The zero-order valence-electron chi connectivity index (χ0n) is 9.90. The van der Waals surface area contributed by atoms with E-state index < -0.39 is 40.9 Å². The molecule has 0 heterocycles. The van der Waals surface area contributed by atoms with Crippen molar-refractivity contribution < 1.29 is 31.5 Å². The van der Waals surface area contributed by atoms with Gasteiger partial charge in [-0.05, 0) is 19.3 Å². The van der Waals surface area contributed by atoms with Crippen LogP contribution in [0.1, 0.15) is 25.7 Å². The maximum Gasteiger partial charge on any atom is 0.402 e. The first-order valence-electron chi connectivity index (χ1n) is 5.65. The van der Waals surface area contributed by atoms with Crippen molar-refractivity contribution in [3.63, 3.8) is 0 Å². The van der Waals surface area contributed by atoms with E-state index in [1.807, 2.05) is 0 Å². The standard InChI is InChI=1S/C9H15F3N2O4S/c10-9(11,12)5-13-19(17,18)14-7-3-1-2-6(4-7)8(15)16/h6-7,13-14H,1-5H2,(H,15,16). The average Bonchev–Trinajstić information content (AvgIpc) is 2.25. The number of nitrogens with one attached hydrogen (secondary N) is 2. The Hall–Kier alpha value is -0.870. The molecule has 0 aliphatic heterocycles. The normalized spacial score (nSPS) is 25.2. The Bertz CT molecular complexity index is 424. The van der Waals surface area contributed by atoms with Crippen molar-refractivity contribution in [2.24, 2.45) is 5.92 Å². The minimum absolute atomic E-state index is 0.0856. The molecule has 6 nitrogen and oxygen atoms in total. The summed E-state index contributed by atoms with van der Waals surface area (Å²) in [6.07, 6.45) is -3.17. The van der Waals surface area contributed by atoms with E-state index >= 15 is 0 Å². The van der Waals surface area contributed by atoms with Crippen LogP contribution in [0.25, 0.3) is 0 Å². The highest BCUT2D eigenvalue weighted by atomic mass is 32.2. The summed E-state index contributed by atoms with van der Waals surface area (Å²) in [7, 11) is -4.28. The highest BCUT2D eigenvalue weighted by Crippen LogP contribution is 2.24. The Kier molecular flexibility index (Phi) is 5.16. The number of carboxylic acids is 1. The molecule has 0 saturated heterocycles. The van der Waals surface area contributed by atoms with Crippen molar-refractivity contribution in [1.29, 1.82) is 0 Å². The minimum atomic E-state index is -4.63. The number of alkyl halides is 3. The molecule has 0 radical (unpaired) electrons. The van der Waals surface area contributed by atoms with Gasteiger partial charge in [-0.25, -0.2) is 0 Å². The van der Waals surface area contributed by atoms with E-state index in [9.17, 15) is 26.4 Å². The van der Waals surface area contributed by atoms with Gasteiger partial charge in [0.2, 0.25) is 0 Å². The van der Waals surface area contributed by atoms with Crippen LogP contribution < -0.4 is 9.44 Å². The lowest BCUT2D eigenvalue weighted by molar-refractivity contribution is -0.143. The van der Waals surface area contributed by atoms with Crippen LogP contribution in [0.5, 0.6) is 0 Å². The van der Waals surface area contributed by atoms with Gasteiger partial charge < -0.3 is 5.11 Å². The number of hydrogen-bond donors (Lipinski definition) is 3. The Balaban J connectivity index is 2.51. The molecule has 10 heteroatoms. The van der Waals surface area contributed by atoms with Crippen molar-refractivity contribution in [2.45, 2.75) is 37.9 Å². The lowest BCUT2D eigenvalue weighted by atomic mass is 9.86. The Morgan fingerprint density at radius 3 is 2.47 bits per heavy atom. The van der Waals surface area contributed by atoms with Gasteiger partial charge in [-0.1, -0.05) is 6.42 Å². The van der Waals surface area contributed by atoms with Gasteiger partial charge in [0.25, 0.3) is 10.2 Å². The molecule has 112 valence electrons. The SMILES string of the molecule is O=C(O)C1CCCC(NS(=O)(=O)NCC(F)(F)F)C1. The maximum atomic E-state index is 11.9. The molecular formula is C9H15F3N2O4S. The lowest BCUT2D eigenvalue weighted by Crippen LogP contribution is -2.47. The third-order valence-corrected chi connectivity index (χ3v) is 3.98. The lowest BCUT2D eigenvalue weighted by Gasteiger charge is -2.27. The van der Waals surface area contributed by atoms with Crippen LogP contribution in [0.2, 0.25) is 0 Å². The highest BCUT2D eigenvalue weighted by molar-refractivity contribution is 7.87. The summed E-state index contributed by atoms with van der Waals surface area (Å²) in [6, 6.07) is -0.652. The van der Waals surface area contributed by atoms with Crippen LogP contribution in [-0.4, -0.2) is 38.3 Å². The van der Waals surface area contributed by atoms with Crippen LogP contribution in [-0.2, 0) is 15.0 Å². The van der Waals surface area contributed by atoms with Gasteiger partial charge in [0.05, 0.1) is 5.92 Å². The zero-order chi connectivity index (χ0) is 14.7. The van der Waals surface area contributed by atoms with Crippen molar-refractivity contribution in [2.75, 3.05) is 6.54 Å². The molecule has 1 fully saturated rings. The van der Waals surface area contributed by atoms with Crippen LogP contribution in [0, 0.1) is 5.92 Å². The highest BCUT2D eigenvalue weighted by Gasteiger charge is 2.32. The summed E-state index contributed by atoms with van der Waals surface area (Å²) in [5.74, 6) is -1.68. The fourth-order valence-corrected chi connectivity index (χ4v) is 3.05. The minimum Gasteiger partial charge on any atom is -0.481 e. The first-order chi connectivity index (χ1) is 8.59. The second-order valence-corrected chi connectivity index (χ2v) is 5.99. The summed E-state index contributed by atoms with van der Waals surface area (Å²) in [4.78, 5) is 10.8. The van der Waals surface area contributed by atoms with Gasteiger partial charge >= 0.3 is 12.1 Å². The molecule has 19 heavy (non-hydrogen) atoms. The fourth-order valence-electron chi connectivity index (χ4n) is 1.96. The van der Waals surface area contributed by atoms with E-state index in [2.05, 4.69) is 4.72 Å². The molecule has 3 N–H and O–H groups in total. The summed E-state index contributed by atoms with van der Waals surface area (Å²) >= 11 is 0. The van der Waals surface area contributed by atoms with Crippen molar-refractivity contribution in [3.05, 3.63) is 0 Å². The number of carboxylic acid groups (broad SMARTS) is 1. The quantitative estimate of drug-likeness (QED) is 0.693. The molecule has 2 atom stereocenters. The molecule has 1 aliphatic rings. The van der Waals surface area contributed by atoms with Gasteiger partial charge in [-0.15, -0.1) is 0 Å². The zero-order valence-corrected chi connectivity index (χ0v) is 10.7. The van der Waals surface area contributed by atoms with Gasteiger partial charge in [-0.3, -0.25) is 4.79 Å². The van der Waals surface area contributed by atoms with Crippen LogP contribution in [0.4, 0.5) is 13.2 Å². The van der Waals surface area contributed by atoms with Crippen molar-refractivity contribution in [1.82, 2.24) is 9.44 Å². The second kappa shape index (κ2) is 6.06. The van der Waals surface area contributed by atoms with E-state index in [1.54, 1.807) is 0 Å². The fraction of sp³-hybridized carbons (Fsp3) is 0.889. The predicted octanol–water partition coefficient (Wildman–Crippen LogP) is 0.616. The molecule has 0 aromatic carbocycles. The third kappa shape index (κ3) is 6.21. The van der Waals surface area contributed by atoms with Crippen LogP contribution in [0.15, 0.2) is 0 Å². The first-order valence-corrected chi connectivity index (χ1v) is 7.14. The average molecular weight is 304 g/mol. The Morgan fingerprint density at radius 2 is 1.95 bits per heavy atom. The van der Waals surface area contributed by atoms with E-state index in [0.29, 0.717) is 19.3 Å². The van der Waals surface area contributed by atoms with E-state index in [4.69, 9.17) is 5.11 Å². The van der Waals surface area contributed by atoms with Gasteiger partial charge in [0, 0.05) is 6.04 Å². The number of aliphatic carboxylic acids is 1. The number of carbonyl (C=O) groups is 1. The molecule has 0 aromatic heterocycles. The van der Waals surface area contributed by atoms with Gasteiger partial charge in [-0.2, -0.15) is 31.0 Å². The summed E-state index contributed by atoms with van der Waals surface area (Å²) in [5.41, 5.74) is 0. The molecule has 1 saturated carbocycles. The monoisotopic (exact) mass is 304 g/mol. The third-order valence-electron chi connectivity index (χ3n) is 2.81. The molecule has 0 amide bonds. The molecule has 0 aromatic rings. The van der Waals surface area contributed by atoms with E-state index in [-0.39, 0.29) is 6.42 Å². The van der Waals surface area contributed by atoms with Gasteiger partial charge in [0.15, 0.2) is 0 Å². The van der Waals surface area contributed by atoms with Crippen molar-refractivity contribution in [3.8, 4) is 0 Å². The smallest absolute Gasteiger partial charge is 0.402 e. The van der Waals surface area contributed by atoms with Gasteiger partial charge in [0.1, 0.15) is 6.54 Å². The molecule has 1 rings (SSSR count). The number of halogens is 3. The largest absolute Gasteiger partial charge is 0.481 e. The summed E-state index contributed by atoms with van der Waals surface area (Å²) in [6.45, 7) is -1.66. The Morgan fingerprint density at radius 1 is 1.32 bits per heavy atom. The second-order valence-electron chi connectivity index (χ2n) is 4.46. The summed E-state index contributed by atoms with van der Waals surface area (Å²) < 4.78 is 61.8. The molecule has 0 spiro atoms. The molecule has 0 bridgehead atoms. The predicted molar refractivity (Wildman–Crippen MR) is 59.5 cm³/mol. The number of rotatable bonds is 5. The van der Waals surface area contributed by atoms with Crippen LogP contribution in [0.3, 0.4) is 0 Å². The number of hydrogen-bond acceptors (Lipinski definition) is 3. The molecule has 1 aliphatic carbocycles. The van der Waals surface area contributed by atoms with E-state index in [0.717, 1.165) is 0 Å². The first kappa shape index (κ1) is 16.2. The van der Waals surface area contributed by atoms with Crippen molar-refractivity contribution >= 4 is 16.2 Å². The van der Waals surface area contributed by atoms with Crippen LogP contribution >= 0.6 is 0 Å². The summed E-state index contributed by atoms with van der Waals surface area (Å²) in [5, 5.41) is 8.82. The topological polar surface area (TPSA) is 95.5 Å². The molecule has 2 unspecified atom stereocenters. The maximum absolute atomic E-state index is 11.9. The molecular weight excluding hydrogens is 289 g/mol.